The Kier molecular flexibility index (Phi) is 9.61. The Morgan fingerprint density at radius 3 is 2.33 bits per heavy atom. The van der Waals surface area contributed by atoms with Crippen molar-refractivity contribution in [1.82, 2.24) is 5.32 Å². The summed E-state index contributed by atoms with van der Waals surface area (Å²) >= 11 is 1.15. The number of benzene rings is 2. The highest BCUT2D eigenvalue weighted by molar-refractivity contribution is 8.13. The van der Waals surface area contributed by atoms with Crippen LogP contribution in [0.5, 0.6) is 0 Å². The van der Waals surface area contributed by atoms with Crippen LogP contribution in [0.25, 0.3) is 0 Å². The second kappa shape index (κ2) is 12.2. The average molecular weight is 428 g/mol. The standard InChI is InChI=1S/C24H29NO4S/c1-4-29-23(27)15-22(19-11-6-5-7-12-19)25-24(28)21(16-30-18(3)26)14-20-13-9-8-10-17(20)2/h5-13,21-22H,4,14-16H2,1-3H3,(H,25,28)/t21-,22+/m1/s1. The van der Waals surface area contributed by atoms with E-state index >= 15 is 0 Å². The summed E-state index contributed by atoms with van der Waals surface area (Å²) in [4.78, 5) is 36.8. The Morgan fingerprint density at radius 1 is 1.03 bits per heavy atom. The first-order valence-electron chi connectivity index (χ1n) is 10.1. The molecule has 0 aliphatic heterocycles. The van der Waals surface area contributed by atoms with Crippen molar-refractivity contribution in [2.75, 3.05) is 12.4 Å². The summed E-state index contributed by atoms with van der Waals surface area (Å²) in [6.07, 6.45) is 0.584. The topological polar surface area (TPSA) is 72.5 Å². The molecule has 2 aromatic carbocycles. The van der Waals surface area contributed by atoms with E-state index in [0.29, 0.717) is 18.8 Å². The predicted octanol–water partition coefficient (Wildman–Crippen LogP) is 4.24. The fraction of sp³-hybridized carbons (Fsp3) is 0.375. The molecule has 0 heterocycles. The quantitative estimate of drug-likeness (QED) is 0.574. The Labute approximate surface area is 182 Å². The van der Waals surface area contributed by atoms with Crippen molar-refractivity contribution in [3.05, 3.63) is 71.3 Å². The van der Waals surface area contributed by atoms with Crippen LogP contribution in [-0.4, -0.2) is 29.4 Å². The first-order valence-corrected chi connectivity index (χ1v) is 11.1. The third-order valence-corrected chi connectivity index (χ3v) is 5.76. The maximum absolute atomic E-state index is 13.2. The molecule has 2 aromatic rings. The van der Waals surface area contributed by atoms with Gasteiger partial charge in [-0.15, -0.1) is 0 Å². The van der Waals surface area contributed by atoms with Crippen molar-refractivity contribution in [1.29, 1.82) is 0 Å². The monoisotopic (exact) mass is 427 g/mol. The number of nitrogens with one attached hydrogen (secondary N) is 1. The van der Waals surface area contributed by atoms with Gasteiger partial charge in [0.05, 0.1) is 25.0 Å². The number of carbonyl (C=O) groups is 3. The molecule has 0 spiro atoms. The van der Waals surface area contributed by atoms with Crippen LogP contribution in [0.15, 0.2) is 54.6 Å². The van der Waals surface area contributed by atoms with Crippen LogP contribution in [0.1, 0.15) is 43.0 Å². The zero-order chi connectivity index (χ0) is 21.9. The fourth-order valence-electron chi connectivity index (χ4n) is 3.16. The molecule has 2 rings (SSSR count). The lowest BCUT2D eigenvalue weighted by Crippen LogP contribution is -2.37. The normalized spacial score (nSPS) is 12.6. The zero-order valence-electron chi connectivity index (χ0n) is 17.7. The number of rotatable bonds is 10. The van der Waals surface area contributed by atoms with Gasteiger partial charge in [0.25, 0.3) is 0 Å². The van der Waals surface area contributed by atoms with E-state index in [4.69, 9.17) is 4.74 Å². The number of thioether (sulfide) groups is 1. The van der Waals surface area contributed by atoms with E-state index in [1.165, 1.54) is 6.92 Å². The number of aryl methyl sites for hydroxylation is 1. The minimum absolute atomic E-state index is 0.0243. The van der Waals surface area contributed by atoms with Crippen LogP contribution in [0.3, 0.4) is 0 Å². The molecule has 1 amide bonds. The lowest BCUT2D eigenvalue weighted by atomic mass is 9.95. The minimum atomic E-state index is -0.487. The zero-order valence-corrected chi connectivity index (χ0v) is 18.5. The van der Waals surface area contributed by atoms with Crippen LogP contribution in [0, 0.1) is 12.8 Å². The van der Waals surface area contributed by atoms with Gasteiger partial charge in [0.1, 0.15) is 0 Å². The van der Waals surface area contributed by atoms with Gasteiger partial charge in [-0.2, -0.15) is 0 Å². The summed E-state index contributed by atoms with van der Waals surface area (Å²) < 4.78 is 5.09. The smallest absolute Gasteiger partial charge is 0.308 e. The molecule has 0 radical (unpaired) electrons. The lowest BCUT2D eigenvalue weighted by molar-refractivity contribution is -0.144. The molecular weight excluding hydrogens is 398 g/mol. The molecule has 30 heavy (non-hydrogen) atoms. The van der Waals surface area contributed by atoms with Crippen molar-refractivity contribution in [3.8, 4) is 0 Å². The summed E-state index contributed by atoms with van der Waals surface area (Å²) in [5.41, 5.74) is 3.02. The highest BCUT2D eigenvalue weighted by atomic mass is 32.2. The van der Waals surface area contributed by atoms with Crippen LogP contribution < -0.4 is 5.32 Å². The van der Waals surface area contributed by atoms with E-state index in [2.05, 4.69) is 5.32 Å². The second-order valence-electron chi connectivity index (χ2n) is 7.11. The number of amides is 1. The third kappa shape index (κ3) is 7.67. The highest BCUT2D eigenvalue weighted by Gasteiger charge is 2.25. The van der Waals surface area contributed by atoms with Gasteiger partial charge in [-0.05, 0) is 37.0 Å². The van der Waals surface area contributed by atoms with E-state index in [1.807, 2.05) is 61.5 Å². The SMILES string of the molecule is CCOC(=O)C[C@H](NC(=O)[C@@H](CSC(C)=O)Cc1ccccc1C)c1ccccc1. The van der Waals surface area contributed by atoms with Gasteiger partial charge in [-0.3, -0.25) is 14.4 Å². The summed E-state index contributed by atoms with van der Waals surface area (Å²) in [6, 6.07) is 16.8. The number of hydrogen-bond acceptors (Lipinski definition) is 5. The maximum Gasteiger partial charge on any atom is 0.308 e. The Hall–Kier alpha value is -2.60. The highest BCUT2D eigenvalue weighted by Crippen LogP contribution is 2.22. The molecule has 0 aliphatic carbocycles. The van der Waals surface area contributed by atoms with E-state index in [0.717, 1.165) is 28.5 Å². The molecule has 5 nitrogen and oxygen atoms in total. The van der Waals surface area contributed by atoms with Crippen molar-refractivity contribution in [2.45, 2.75) is 39.7 Å². The summed E-state index contributed by atoms with van der Waals surface area (Å²) in [7, 11) is 0. The average Bonchev–Trinajstić information content (AvgIpc) is 2.72. The van der Waals surface area contributed by atoms with Gasteiger partial charge >= 0.3 is 5.97 Å². The molecule has 2 atom stereocenters. The van der Waals surface area contributed by atoms with Crippen LogP contribution in [-0.2, 0) is 25.5 Å². The molecule has 1 N–H and O–H groups in total. The van der Waals surface area contributed by atoms with Crippen molar-refractivity contribution >= 4 is 28.8 Å². The predicted molar refractivity (Wildman–Crippen MR) is 120 cm³/mol. The molecule has 0 unspecified atom stereocenters. The Bertz CT molecular complexity index is 853. The Morgan fingerprint density at radius 2 is 1.70 bits per heavy atom. The van der Waals surface area contributed by atoms with Crippen LogP contribution >= 0.6 is 11.8 Å². The molecular formula is C24H29NO4S. The fourth-order valence-corrected chi connectivity index (χ4v) is 3.87. The van der Waals surface area contributed by atoms with Crippen LogP contribution in [0.2, 0.25) is 0 Å². The number of ether oxygens (including phenoxy) is 1. The summed E-state index contributed by atoms with van der Waals surface area (Å²) in [5, 5.41) is 3.00. The van der Waals surface area contributed by atoms with E-state index in [9.17, 15) is 14.4 Å². The van der Waals surface area contributed by atoms with Gasteiger partial charge in [0.15, 0.2) is 5.12 Å². The van der Waals surface area contributed by atoms with Crippen LogP contribution in [0.4, 0.5) is 0 Å². The first-order chi connectivity index (χ1) is 14.4. The first kappa shape index (κ1) is 23.7. The second-order valence-corrected chi connectivity index (χ2v) is 8.31. The molecule has 0 aliphatic rings. The van der Waals surface area contributed by atoms with Crippen molar-refractivity contribution in [2.24, 2.45) is 5.92 Å². The molecule has 6 heteroatoms. The van der Waals surface area contributed by atoms with Gasteiger partial charge in [-0.25, -0.2) is 0 Å². The van der Waals surface area contributed by atoms with Crippen molar-refractivity contribution in [3.63, 3.8) is 0 Å². The van der Waals surface area contributed by atoms with E-state index in [1.54, 1.807) is 6.92 Å². The largest absolute Gasteiger partial charge is 0.466 e. The molecule has 0 saturated heterocycles. The summed E-state index contributed by atoms with van der Waals surface area (Å²) in [6.45, 7) is 5.56. The van der Waals surface area contributed by atoms with Gasteiger partial charge in [0.2, 0.25) is 5.91 Å². The van der Waals surface area contributed by atoms with Gasteiger partial charge in [0, 0.05) is 12.7 Å². The number of hydrogen-bond donors (Lipinski definition) is 1. The van der Waals surface area contributed by atoms with Gasteiger partial charge < -0.3 is 10.1 Å². The molecule has 0 fully saturated rings. The maximum atomic E-state index is 13.2. The molecule has 0 saturated carbocycles. The minimum Gasteiger partial charge on any atom is -0.466 e. The number of esters is 1. The van der Waals surface area contributed by atoms with E-state index in [-0.39, 0.29) is 23.4 Å². The third-order valence-electron chi connectivity index (χ3n) is 4.78. The van der Waals surface area contributed by atoms with E-state index < -0.39 is 12.0 Å². The summed E-state index contributed by atoms with van der Waals surface area (Å²) in [5.74, 6) is -0.546. The molecule has 160 valence electrons. The molecule has 0 bridgehead atoms. The number of carbonyl (C=O) groups excluding carboxylic acids is 3. The molecule has 0 aromatic heterocycles. The van der Waals surface area contributed by atoms with Crippen molar-refractivity contribution < 1.29 is 19.1 Å². The van der Waals surface area contributed by atoms with Gasteiger partial charge in [-0.1, -0.05) is 66.4 Å². The lowest BCUT2D eigenvalue weighted by Gasteiger charge is -2.23. The Balaban J connectivity index is 2.20.